The summed E-state index contributed by atoms with van der Waals surface area (Å²) in [5.41, 5.74) is 1.25. The number of nitrogens with zero attached hydrogens (tertiary/aromatic N) is 2. The van der Waals surface area contributed by atoms with Crippen LogP contribution in [0.5, 0.6) is 0 Å². The van der Waals surface area contributed by atoms with E-state index in [1.54, 1.807) is 0 Å². The van der Waals surface area contributed by atoms with E-state index in [2.05, 4.69) is 15.6 Å². The molecule has 0 unspecified atom stereocenters. The largest absolute Gasteiger partial charge is 0.349 e. The van der Waals surface area contributed by atoms with Crippen LogP contribution in [0.1, 0.15) is 37.4 Å². The summed E-state index contributed by atoms with van der Waals surface area (Å²) in [6.45, 7) is 5.40. The fourth-order valence-electron chi connectivity index (χ4n) is 2.29. The van der Waals surface area contributed by atoms with E-state index in [-0.39, 0.29) is 23.9 Å². The van der Waals surface area contributed by atoms with E-state index in [1.807, 2.05) is 19.2 Å². The van der Waals surface area contributed by atoms with Crippen LogP contribution in [-0.4, -0.2) is 43.1 Å². The summed E-state index contributed by atoms with van der Waals surface area (Å²) >= 11 is 1.53. The summed E-state index contributed by atoms with van der Waals surface area (Å²) in [6.07, 6.45) is 0. The molecule has 0 saturated carbocycles. The predicted molar refractivity (Wildman–Crippen MR) is 109 cm³/mol. The Hall–Kier alpha value is -2.30. The fourth-order valence-corrected chi connectivity index (χ4v) is 4.26. The molecule has 2 aromatic rings. The Morgan fingerprint density at radius 3 is 2.39 bits per heavy atom. The van der Waals surface area contributed by atoms with E-state index in [0.717, 1.165) is 15.0 Å². The van der Waals surface area contributed by atoms with Crippen molar-refractivity contribution in [3.05, 3.63) is 40.3 Å². The molecule has 0 aliphatic rings. The molecule has 1 aromatic carbocycles. The smallest absolute Gasteiger partial charge is 0.243 e. The van der Waals surface area contributed by atoms with Crippen molar-refractivity contribution in [3.63, 3.8) is 0 Å². The van der Waals surface area contributed by atoms with Crippen LogP contribution in [0.15, 0.2) is 34.5 Å². The summed E-state index contributed by atoms with van der Waals surface area (Å²) in [6, 6.07) is 5.77. The predicted octanol–water partition coefficient (Wildman–Crippen LogP) is 2.16. The number of anilines is 1. The van der Waals surface area contributed by atoms with Crippen LogP contribution in [0, 0.1) is 0 Å². The first-order valence-electron chi connectivity index (χ1n) is 8.64. The molecule has 2 rings (SSSR count). The third-order valence-electron chi connectivity index (χ3n) is 3.78. The quantitative estimate of drug-likeness (QED) is 0.675. The molecule has 10 heteroatoms. The number of benzene rings is 1. The van der Waals surface area contributed by atoms with Crippen molar-refractivity contribution in [1.29, 1.82) is 0 Å². The van der Waals surface area contributed by atoms with Crippen LogP contribution >= 0.6 is 11.3 Å². The number of rotatable bonds is 8. The third-order valence-corrected chi connectivity index (χ3v) is 6.79. The van der Waals surface area contributed by atoms with Crippen molar-refractivity contribution < 1.29 is 18.0 Å². The third kappa shape index (κ3) is 5.85. The molecule has 0 aliphatic carbocycles. The number of amides is 2. The van der Waals surface area contributed by atoms with Crippen LogP contribution < -0.4 is 10.6 Å². The van der Waals surface area contributed by atoms with Crippen molar-refractivity contribution in [2.75, 3.05) is 18.9 Å². The molecule has 2 amide bonds. The maximum Gasteiger partial charge on any atom is 0.243 e. The lowest BCUT2D eigenvalue weighted by molar-refractivity contribution is -0.121. The molecule has 1 aromatic heterocycles. The monoisotopic (exact) mass is 424 g/mol. The fraction of sp³-hybridized carbons (Fsp3) is 0.389. The first kappa shape index (κ1) is 22.0. The SMILES string of the molecule is CC(=O)Nc1ccc(S(=O)(=O)N(C)CC(=O)NCc2csc(C(C)C)n2)cc1. The normalized spacial score (nSPS) is 11.6. The average molecular weight is 425 g/mol. The van der Waals surface area contributed by atoms with Gasteiger partial charge in [-0.05, 0) is 24.3 Å². The highest BCUT2D eigenvalue weighted by molar-refractivity contribution is 7.89. The van der Waals surface area contributed by atoms with Crippen LogP contribution in [0.25, 0.3) is 0 Å². The number of carbonyl (C=O) groups excluding carboxylic acids is 2. The average Bonchev–Trinajstić information content (AvgIpc) is 3.09. The number of aromatic nitrogens is 1. The van der Waals surface area contributed by atoms with Gasteiger partial charge in [0.2, 0.25) is 21.8 Å². The van der Waals surface area contributed by atoms with E-state index < -0.39 is 15.9 Å². The Bertz CT molecular complexity index is 937. The number of nitrogens with one attached hydrogen (secondary N) is 2. The van der Waals surface area contributed by atoms with Crippen molar-refractivity contribution in [2.24, 2.45) is 0 Å². The summed E-state index contributed by atoms with van der Waals surface area (Å²) in [4.78, 5) is 27.6. The lowest BCUT2D eigenvalue weighted by Crippen LogP contribution is -2.38. The van der Waals surface area contributed by atoms with Crippen molar-refractivity contribution in [1.82, 2.24) is 14.6 Å². The highest BCUT2D eigenvalue weighted by Crippen LogP contribution is 2.19. The number of sulfonamides is 1. The molecule has 1 heterocycles. The van der Waals surface area contributed by atoms with E-state index >= 15 is 0 Å². The highest BCUT2D eigenvalue weighted by atomic mass is 32.2. The minimum Gasteiger partial charge on any atom is -0.349 e. The van der Waals surface area contributed by atoms with Gasteiger partial charge in [-0.2, -0.15) is 4.31 Å². The Labute approximate surface area is 169 Å². The first-order chi connectivity index (χ1) is 13.1. The Morgan fingerprint density at radius 2 is 1.86 bits per heavy atom. The maximum absolute atomic E-state index is 12.6. The molecule has 2 N–H and O–H groups in total. The molecule has 152 valence electrons. The minimum absolute atomic E-state index is 0.0398. The Balaban J connectivity index is 1.94. The number of hydrogen-bond acceptors (Lipinski definition) is 6. The second kappa shape index (κ2) is 9.26. The van der Waals surface area contributed by atoms with E-state index in [0.29, 0.717) is 11.6 Å². The molecule has 8 nitrogen and oxygen atoms in total. The zero-order chi connectivity index (χ0) is 20.9. The summed E-state index contributed by atoms with van der Waals surface area (Å²) in [5.74, 6) is -0.340. The molecule has 28 heavy (non-hydrogen) atoms. The van der Waals surface area contributed by atoms with Gasteiger partial charge in [0, 0.05) is 31.0 Å². The van der Waals surface area contributed by atoms with Crippen molar-refractivity contribution in [2.45, 2.75) is 38.1 Å². The Kier molecular flexibility index (Phi) is 7.28. The van der Waals surface area contributed by atoms with Crippen LogP contribution in [-0.2, 0) is 26.2 Å². The number of likely N-dealkylation sites (N-methyl/N-ethyl adjacent to an activating group) is 1. The van der Waals surface area contributed by atoms with Crippen LogP contribution in [0.2, 0.25) is 0 Å². The second-order valence-corrected chi connectivity index (χ2v) is 9.51. The summed E-state index contributed by atoms with van der Waals surface area (Å²) in [5, 5.41) is 8.13. The first-order valence-corrected chi connectivity index (χ1v) is 11.0. The van der Waals surface area contributed by atoms with Gasteiger partial charge in [-0.15, -0.1) is 11.3 Å². The van der Waals surface area contributed by atoms with E-state index in [9.17, 15) is 18.0 Å². The van der Waals surface area contributed by atoms with Gasteiger partial charge in [-0.25, -0.2) is 13.4 Å². The number of hydrogen-bond donors (Lipinski definition) is 2. The lowest BCUT2D eigenvalue weighted by Gasteiger charge is -2.17. The van der Waals surface area contributed by atoms with Gasteiger partial charge in [-0.3, -0.25) is 9.59 Å². The summed E-state index contributed by atoms with van der Waals surface area (Å²) in [7, 11) is -2.48. The molecule has 0 bridgehead atoms. The number of carbonyl (C=O) groups is 2. The Morgan fingerprint density at radius 1 is 1.21 bits per heavy atom. The standard InChI is InChI=1S/C18H24N4O4S2/c1-12(2)18-21-15(11-27-18)9-19-17(24)10-22(4)28(25,26)16-7-5-14(6-8-16)20-13(3)23/h5-8,11-12H,9-10H2,1-4H3,(H,19,24)(H,20,23). The minimum atomic E-state index is -3.82. The zero-order valence-electron chi connectivity index (χ0n) is 16.2. The van der Waals surface area contributed by atoms with Gasteiger partial charge in [0.05, 0.1) is 28.7 Å². The maximum atomic E-state index is 12.6. The van der Waals surface area contributed by atoms with E-state index in [1.165, 1.54) is 49.6 Å². The number of thiazole rings is 1. The van der Waals surface area contributed by atoms with Gasteiger partial charge in [0.15, 0.2) is 0 Å². The van der Waals surface area contributed by atoms with Gasteiger partial charge in [0.1, 0.15) is 0 Å². The van der Waals surface area contributed by atoms with Crippen molar-refractivity contribution in [3.8, 4) is 0 Å². The zero-order valence-corrected chi connectivity index (χ0v) is 17.9. The molecule has 0 saturated heterocycles. The second-order valence-electron chi connectivity index (χ2n) is 6.58. The summed E-state index contributed by atoms with van der Waals surface area (Å²) < 4.78 is 26.2. The molecule has 0 fully saturated rings. The molecule has 0 aliphatic heterocycles. The highest BCUT2D eigenvalue weighted by Gasteiger charge is 2.23. The van der Waals surface area contributed by atoms with Gasteiger partial charge < -0.3 is 10.6 Å². The molecular weight excluding hydrogens is 400 g/mol. The topological polar surface area (TPSA) is 108 Å². The van der Waals surface area contributed by atoms with Crippen molar-refractivity contribution >= 4 is 38.9 Å². The van der Waals surface area contributed by atoms with Crippen LogP contribution in [0.4, 0.5) is 5.69 Å². The lowest BCUT2D eigenvalue weighted by atomic mass is 10.2. The molecule has 0 radical (unpaired) electrons. The van der Waals surface area contributed by atoms with Gasteiger partial charge in [0.25, 0.3) is 0 Å². The molecular formula is C18H24N4O4S2. The van der Waals surface area contributed by atoms with Crippen LogP contribution in [0.3, 0.4) is 0 Å². The van der Waals surface area contributed by atoms with Gasteiger partial charge in [-0.1, -0.05) is 13.8 Å². The van der Waals surface area contributed by atoms with Gasteiger partial charge >= 0.3 is 0 Å². The molecule has 0 atom stereocenters. The van der Waals surface area contributed by atoms with E-state index in [4.69, 9.17) is 0 Å². The molecule has 0 spiro atoms.